The zero-order chi connectivity index (χ0) is 25.1. The monoisotopic (exact) mass is 477 g/mol. The van der Waals surface area contributed by atoms with Crippen LogP contribution in [0.4, 0.5) is 5.69 Å². The van der Waals surface area contributed by atoms with E-state index in [9.17, 15) is 4.79 Å². The van der Waals surface area contributed by atoms with E-state index in [2.05, 4.69) is 25.8 Å². The zero-order valence-corrected chi connectivity index (χ0v) is 21.9. The van der Waals surface area contributed by atoms with Crippen molar-refractivity contribution in [3.05, 3.63) is 65.7 Å². The van der Waals surface area contributed by atoms with E-state index in [0.29, 0.717) is 12.5 Å². The van der Waals surface area contributed by atoms with Gasteiger partial charge in [-0.2, -0.15) is 0 Å². The summed E-state index contributed by atoms with van der Waals surface area (Å²) in [6.45, 7) is 7.64. The van der Waals surface area contributed by atoms with Crippen LogP contribution in [0.1, 0.15) is 89.7 Å². The minimum Gasteiger partial charge on any atom is -0.494 e. The third kappa shape index (κ3) is 13.0. The van der Waals surface area contributed by atoms with E-state index in [1.54, 1.807) is 6.08 Å². The summed E-state index contributed by atoms with van der Waals surface area (Å²) in [6, 6.07) is 15.8. The van der Waals surface area contributed by atoms with Crippen LogP contribution in [0.2, 0.25) is 0 Å². The number of carbonyl (C=O) groups is 1. The Morgan fingerprint density at radius 3 is 2.14 bits per heavy atom. The van der Waals surface area contributed by atoms with Crippen LogP contribution < -0.4 is 4.74 Å². The number of esters is 1. The Morgan fingerprint density at radius 2 is 1.49 bits per heavy atom. The molecule has 190 valence electrons. The fraction of sp³-hybridized carbons (Fsp3) is 0.484. The number of nitrogens with zero attached hydrogens (tertiary/aromatic N) is 1. The Hall–Kier alpha value is -2.88. The van der Waals surface area contributed by atoms with Crippen LogP contribution in [0.15, 0.2) is 59.6 Å². The summed E-state index contributed by atoms with van der Waals surface area (Å²) in [5.74, 6) is 0.981. The van der Waals surface area contributed by atoms with E-state index in [0.717, 1.165) is 42.0 Å². The van der Waals surface area contributed by atoms with Gasteiger partial charge in [0.05, 0.1) is 18.9 Å². The first kappa shape index (κ1) is 28.4. The highest BCUT2D eigenvalue weighted by molar-refractivity contribution is 5.87. The van der Waals surface area contributed by atoms with Crippen molar-refractivity contribution in [1.82, 2.24) is 0 Å². The van der Waals surface area contributed by atoms with Gasteiger partial charge in [-0.1, -0.05) is 84.3 Å². The standard InChI is InChI=1S/C31H43NO3/c1-4-6-7-8-9-10-11-12-23-34-30-20-15-28(16-21-30)24-32-29-18-13-27(14-19-29)17-22-31(33)35-25-26(3)5-2/h13-22,24,26H,4-12,23,25H2,1-3H3/b22-17+,32-24+. The molecule has 4 heteroatoms. The van der Waals surface area contributed by atoms with Crippen molar-refractivity contribution in [3.8, 4) is 5.75 Å². The molecule has 0 amide bonds. The van der Waals surface area contributed by atoms with E-state index in [4.69, 9.17) is 9.47 Å². The number of ether oxygens (including phenoxy) is 2. The lowest BCUT2D eigenvalue weighted by Crippen LogP contribution is -2.08. The molecule has 0 spiro atoms. The predicted octanol–water partition coefficient (Wildman–Crippen LogP) is 8.56. The van der Waals surface area contributed by atoms with Gasteiger partial charge < -0.3 is 9.47 Å². The van der Waals surface area contributed by atoms with Crippen molar-refractivity contribution in [2.24, 2.45) is 10.9 Å². The molecule has 2 rings (SSSR count). The topological polar surface area (TPSA) is 47.9 Å². The van der Waals surface area contributed by atoms with E-state index in [1.807, 2.05) is 54.7 Å². The number of hydrogen-bond donors (Lipinski definition) is 0. The molecular formula is C31H43NO3. The minimum absolute atomic E-state index is 0.308. The highest BCUT2D eigenvalue weighted by atomic mass is 16.5. The second kappa shape index (κ2) is 17.5. The van der Waals surface area contributed by atoms with Gasteiger partial charge in [-0.3, -0.25) is 4.99 Å². The Morgan fingerprint density at radius 1 is 0.857 bits per heavy atom. The largest absolute Gasteiger partial charge is 0.494 e. The molecule has 0 saturated heterocycles. The van der Waals surface area contributed by atoms with Gasteiger partial charge >= 0.3 is 5.97 Å². The molecule has 0 fully saturated rings. The molecule has 35 heavy (non-hydrogen) atoms. The average molecular weight is 478 g/mol. The maximum absolute atomic E-state index is 11.8. The van der Waals surface area contributed by atoms with E-state index >= 15 is 0 Å². The normalized spacial score (nSPS) is 12.3. The fourth-order valence-electron chi connectivity index (χ4n) is 3.45. The highest BCUT2D eigenvalue weighted by Crippen LogP contribution is 2.16. The van der Waals surface area contributed by atoms with Crippen LogP contribution in [-0.2, 0) is 9.53 Å². The van der Waals surface area contributed by atoms with Crippen LogP contribution >= 0.6 is 0 Å². The Bertz CT molecular complexity index is 884. The molecule has 2 aromatic rings. The molecule has 0 aliphatic rings. The van der Waals surface area contributed by atoms with Gasteiger partial charge in [0.1, 0.15) is 5.75 Å². The lowest BCUT2D eigenvalue weighted by molar-refractivity contribution is -0.138. The van der Waals surface area contributed by atoms with Crippen LogP contribution in [0.3, 0.4) is 0 Å². The summed E-state index contributed by atoms with van der Waals surface area (Å²) < 4.78 is 11.1. The molecule has 0 heterocycles. The predicted molar refractivity (Wildman–Crippen MR) is 148 cm³/mol. The number of rotatable bonds is 17. The van der Waals surface area contributed by atoms with E-state index < -0.39 is 0 Å². The summed E-state index contributed by atoms with van der Waals surface area (Å²) in [7, 11) is 0. The summed E-state index contributed by atoms with van der Waals surface area (Å²) >= 11 is 0. The van der Waals surface area contributed by atoms with Crippen molar-refractivity contribution in [2.75, 3.05) is 13.2 Å². The van der Waals surface area contributed by atoms with Crippen molar-refractivity contribution in [3.63, 3.8) is 0 Å². The van der Waals surface area contributed by atoms with Crippen LogP contribution in [0.5, 0.6) is 5.75 Å². The average Bonchev–Trinajstić information content (AvgIpc) is 2.89. The van der Waals surface area contributed by atoms with Crippen molar-refractivity contribution in [1.29, 1.82) is 0 Å². The van der Waals surface area contributed by atoms with E-state index in [-0.39, 0.29) is 5.97 Å². The molecule has 0 aliphatic heterocycles. The molecule has 0 radical (unpaired) electrons. The molecule has 0 saturated carbocycles. The lowest BCUT2D eigenvalue weighted by atomic mass is 10.1. The molecule has 0 aromatic heterocycles. The smallest absolute Gasteiger partial charge is 0.330 e. The van der Waals surface area contributed by atoms with Crippen LogP contribution in [-0.4, -0.2) is 25.4 Å². The molecule has 1 unspecified atom stereocenters. The Labute approximate surface area is 212 Å². The highest BCUT2D eigenvalue weighted by Gasteiger charge is 2.02. The van der Waals surface area contributed by atoms with Crippen molar-refractivity contribution >= 4 is 23.9 Å². The lowest BCUT2D eigenvalue weighted by Gasteiger charge is -2.07. The Kier molecular flexibility index (Phi) is 14.2. The molecule has 1 atom stereocenters. The first-order chi connectivity index (χ1) is 17.1. The molecule has 4 nitrogen and oxygen atoms in total. The summed E-state index contributed by atoms with van der Waals surface area (Å²) in [4.78, 5) is 16.3. The van der Waals surface area contributed by atoms with Crippen LogP contribution in [0, 0.1) is 5.92 Å². The van der Waals surface area contributed by atoms with Gasteiger partial charge in [0.15, 0.2) is 0 Å². The molecule has 0 bridgehead atoms. The fourth-order valence-corrected chi connectivity index (χ4v) is 3.45. The van der Waals surface area contributed by atoms with Gasteiger partial charge in [-0.15, -0.1) is 0 Å². The van der Waals surface area contributed by atoms with Crippen molar-refractivity contribution < 1.29 is 14.3 Å². The third-order valence-corrected chi connectivity index (χ3v) is 6.02. The van der Waals surface area contributed by atoms with Crippen LogP contribution in [0.25, 0.3) is 6.08 Å². The molecule has 2 aromatic carbocycles. The van der Waals surface area contributed by atoms with Crippen molar-refractivity contribution in [2.45, 2.75) is 78.6 Å². The summed E-state index contributed by atoms with van der Waals surface area (Å²) in [5, 5.41) is 0. The van der Waals surface area contributed by atoms with Gasteiger partial charge in [-0.25, -0.2) is 4.79 Å². The summed E-state index contributed by atoms with van der Waals surface area (Å²) in [6.07, 6.45) is 16.5. The summed E-state index contributed by atoms with van der Waals surface area (Å²) in [5.41, 5.74) is 2.82. The van der Waals surface area contributed by atoms with E-state index in [1.165, 1.54) is 51.0 Å². The number of unbranched alkanes of at least 4 members (excludes halogenated alkanes) is 7. The van der Waals surface area contributed by atoms with Gasteiger partial charge in [0.25, 0.3) is 0 Å². The molecular weight excluding hydrogens is 434 g/mol. The zero-order valence-electron chi connectivity index (χ0n) is 21.9. The second-order valence-corrected chi connectivity index (χ2v) is 9.22. The quantitative estimate of drug-likeness (QED) is 0.0992. The maximum atomic E-state index is 11.8. The number of hydrogen-bond acceptors (Lipinski definition) is 4. The second-order valence-electron chi connectivity index (χ2n) is 9.22. The van der Waals surface area contributed by atoms with Gasteiger partial charge in [-0.05, 0) is 65.9 Å². The molecule has 0 aliphatic carbocycles. The maximum Gasteiger partial charge on any atom is 0.330 e. The minimum atomic E-state index is -0.308. The van der Waals surface area contributed by atoms with Gasteiger partial charge in [0, 0.05) is 12.3 Å². The number of carbonyl (C=O) groups excluding carboxylic acids is 1. The first-order valence-corrected chi connectivity index (χ1v) is 13.3. The Balaban J connectivity index is 1.69. The first-order valence-electron chi connectivity index (χ1n) is 13.3. The number of benzene rings is 2. The third-order valence-electron chi connectivity index (χ3n) is 6.02. The van der Waals surface area contributed by atoms with Gasteiger partial charge in [0.2, 0.25) is 0 Å². The number of aliphatic imine (C=N–C) groups is 1. The molecule has 0 N–H and O–H groups in total. The SMILES string of the molecule is CCCCCCCCCCOc1ccc(/C=N/c2ccc(/C=C/C(=O)OCC(C)CC)cc2)cc1.